The molecule has 22 heavy (non-hydrogen) atoms. The second kappa shape index (κ2) is 7.47. The molecule has 6 heteroatoms. The molecule has 0 spiro atoms. The van der Waals surface area contributed by atoms with Crippen LogP contribution in [0.3, 0.4) is 0 Å². The highest BCUT2D eigenvalue weighted by atomic mass is 32.1. The van der Waals surface area contributed by atoms with Crippen molar-refractivity contribution in [2.24, 2.45) is 11.7 Å². The molecule has 0 radical (unpaired) electrons. The van der Waals surface area contributed by atoms with Gasteiger partial charge >= 0.3 is 0 Å². The quantitative estimate of drug-likeness (QED) is 0.857. The fourth-order valence-electron chi connectivity index (χ4n) is 2.06. The zero-order valence-corrected chi connectivity index (χ0v) is 14.0. The van der Waals surface area contributed by atoms with Crippen LogP contribution in [-0.2, 0) is 11.2 Å². The third kappa shape index (κ3) is 4.35. The minimum absolute atomic E-state index is 0.190. The number of amides is 1. The summed E-state index contributed by atoms with van der Waals surface area (Å²) >= 11 is 1.48. The van der Waals surface area contributed by atoms with Crippen molar-refractivity contribution < 1.29 is 4.79 Å². The second-order valence-corrected chi connectivity index (χ2v) is 6.51. The molecule has 2 aromatic rings. The van der Waals surface area contributed by atoms with Crippen LogP contribution in [-0.4, -0.2) is 21.9 Å². The highest BCUT2D eigenvalue weighted by molar-refractivity contribution is 7.13. The van der Waals surface area contributed by atoms with Gasteiger partial charge in [-0.25, -0.2) is 4.98 Å². The average molecular weight is 318 g/mol. The predicted molar refractivity (Wildman–Crippen MR) is 90.8 cm³/mol. The summed E-state index contributed by atoms with van der Waals surface area (Å²) in [7, 11) is 0. The number of carbonyl (C=O) groups is 1. The lowest BCUT2D eigenvalue weighted by atomic mass is 10.0. The Hall–Kier alpha value is -1.79. The fourth-order valence-corrected chi connectivity index (χ4v) is 2.80. The Balaban J connectivity index is 2.03. The number of aryl methyl sites for hydroxylation is 1. The SMILES string of the molecule is CCc1ccc(-c2nc(NC(=O)C(N)CC(C)C)cs2)cn1. The van der Waals surface area contributed by atoms with Crippen molar-refractivity contribution in [2.75, 3.05) is 5.32 Å². The summed E-state index contributed by atoms with van der Waals surface area (Å²) in [5.74, 6) is 0.740. The summed E-state index contributed by atoms with van der Waals surface area (Å²) in [6, 6.07) is 3.49. The largest absolute Gasteiger partial charge is 0.320 e. The first-order valence-electron chi connectivity index (χ1n) is 7.46. The van der Waals surface area contributed by atoms with E-state index < -0.39 is 6.04 Å². The number of thiazole rings is 1. The molecule has 2 heterocycles. The molecular formula is C16H22N4OS. The third-order valence-electron chi connectivity index (χ3n) is 3.25. The smallest absolute Gasteiger partial charge is 0.242 e. The lowest BCUT2D eigenvalue weighted by Gasteiger charge is -2.12. The molecule has 0 fully saturated rings. The van der Waals surface area contributed by atoms with Gasteiger partial charge in [0.1, 0.15) is 10.8 Å². The van der Waals surface area contributed by atoms with Crippen LogP contribution in [0.25, 0.3) is 10.6 Å². The number of nitrogens with zero attached hydrogens (tertiary/aromatic N) is 2. The minimum Gasteiger partial charge on any atom is -0.320 e. The van der Waals surface area contributed by atoms with E-state index in [-0.39, 0.29) is 5.91 Å². The molecule has 0 saturated carbocycles. The van der Waals surface area contributed by atoms with Crippen molar-refractivity contribution in [3.05, 3.63) is 29.4 Å². The van der Waals surface area contributed by atoms with Crippen LogP contribution < -0.4 is 11.1 Å². The van der Waals surface area contributed by atoms with E-state index in [4.69, 9.17) is 5.73 Å². The summed E-state index contributed by atoms with van der Waals surface area (Å²) in [5, 5.41) is 5.43. The first kappa shape index (κ1) is 16.6. The van der Waals surface area contributed by atoms with Gasteiger partial charge in [-0.1, -0.05) is 20.8 Å². The standard InChI is InChI=1S/C16H22N4OS/c1-4-12-6-5-11(8-18-12)16-20-14(9-22-16)19-15(21)13(17)7-10(2)3/h5-6,8-10,13H,4,7,17H2,1-3H3,(H,19,21). The zero-order chi connectivity index (χ0) is 16.1. The molecule has 1 unspecified atom stereocenters. The van der Waals surface area contributed by atoms with Crippen molar-refractivity contribution >= 4 is 23.1 Å². The topological polar surface area (TPSA) is 80.9 Å². The number of hydrogen-bond donors (Lipinski definition) is 2. The maximum Gasteiger partial charge on any atom is 0.242 e. The maximum absolute atomic E-state index is 12.0. The fraction of sp³-hybridized carbons (Fsp3) is 0.438. The molecule has 0 aliphatic heterocycles. The molecule has 0 aromatic carbocycles. The number of anilines is 1. The second-order valence-electron chi connectivity index (χ2n) is 5.65. The number of rotatable bonds is 6. The number of pyridine rings is 1. The van der Waals surface area contributed by atoms with Crippen molar-refractivity contribution in [2.45, 2.75) is 39.7 Å². The first-order chi connectivity index (χ1) is 10.5. The molecule has 0 saturated heterocycles. The van der Waals surface area contributed by atoms with Gasteiger partial charge in [-0.2, -0.15) is 0 Å². The number of carbonyl (C=O) groups excluding carboxylic acids is 1. The highest BCUT2D eigenvalue weighted by Crippen LogP contribution is 2.25. The van der Waals surface area contributed by atoms with Gasteiger partial charge in [0.15, 0.2) is 0 Å². The lowest BCUT2D eigenvalue weighted by Crippen LogP contribution is -2.36. The van der Waals surface area contributed by atoms with Crippen LogP contribution >= 0.6 is 11.3 Å². The molecular weight excluding hydrogens is 296 g/mol. The molecule has 5 nitrogen and oxygen atoms in total. The Morgan fingerprint density at radius 1 is 1.41 bits per heavy atom. The van der Waals surface area contributed by atoms with Gasteiger partial charge in [-0.3, -0.25) is 9.78 Å². The third-order valence-corrected chi connectivity index (χ3v) is 4.14. The molecule has 0 bridgehead atoms. The van der Waals surface area contributed by atoms with E-state index in [9.17, 15) is 4.79 Å². The summed E-state index contributed by atoms with van der Waals surface area (Å²) in [5.41, 5.74) is 7.87. The Bertz CT molecular complexity index is 621. The highest BCUT2D eigenvalue weighted by Gasteiger charge is 2.16. The van der Waals surface area contributed by atoms with Gasteiger partial charge in [0.25, 0.3) is 0 Å². The number of nitrogens with one attached hydrogen (secondary N) is 1. The average Bonchev–Trinajstić information content (AvgIpc) is 2.95. The molecule has 0 aliphatic carbocycles. The van der Waals surface area contributed by atoms with Gasteiger partial charge in [0.2, 0.25) is 5.91 Å². The summed E-state index contributed by atoms with van der Waals surface area (Å²) < 4.78 is 0. The van der Waals surface area contributed by atoms with Crippen molar-refractivity contribution in [1.82, 2.24) is 9.97 Å². The van der Waals surface area contributed by atoms with Gasteiger partial charge in [0, 0.05) is 22.8 Å². The molecule has 0 aliphatic rings. The molecule has 2 aromatic heterocycles. The molecule has 2 rings (SSSR count). The van der Waals surface area contributed by atoms with Gasteiger partial charge in [0.05, 0.1) is 6.04 Å². The van der Waals surface area contributed by atoms with Crippen LogP contribution in [0.1, 0.15) is 32.9 Å². The van der Waals surface area contributed by atoms with E-state index in [0.29, 0.717) is 18.2 Å². The van der Waals surface area contributed by atoms with E-state index in [1.54, 1.807) is 0 Å². The lowest BCUT2D eigenvalue weighted by molar-refractivity contribution is -0.117. The Labute approximate surface area is 135 Å². The van der Waals surface area contributed by atoms with Crippen LogP contribution in [0.15, 0.2) is 23.7 Å². The zero-order valence-electron chi connectivity index (χ0n) is 13.2. The molecule has 1 atom stereocenters. The molecule has 118 valence electrons. The van der Waals surface area contributed by atoms with E-state index in [1.807, 2.05) is 37.6 Å². The van der Waals surface area contributed by atoms with Crippen LogP contribution in [0.5, 0.6) is 0 Å². The van der Waals surface area contributed by atoms with E-state index in [0.717, 1.165) is 22.7 Å². The van der Waals surface area contributed by atoms with E-state index >= 15 is 0 Å². The summed E-state index contributed by atoms with van der Waals surface area (Å²) in [6.45, 7) is 6.15. The molecule has 1 amide bonds. The van der Waals surface area contributed by atoms with Crippen LogP contribution in [0.2, 0.25) is 0 Å². The predicted octanol–water partition coefficient (Wildman–Crippen LogP) is 3.08. The van der Waals surface area contributed by atoms with Crippen LogP contribution in [0.4, 0.5) is 5.82 Å². The van der Waals surface area contributed by atoms with Crippen LogP contribution in [0, 0.1) is 5.92 Å². The van der Waals surface area contributed by atoms with Gasteiger partial charge in [-0.15, -0.1) is 11.3 Å². The number of hydrogen-bond acceptors (Lipinski definition) is 5. The van der Waals surface area contributed by atoms with Crippen molar-refractivity contribution in [1.29, 1.82) is 0 Å². The van der Waals surface area contributed by atoms with Gasteiger partial charge in [-0.05, 0) is 30.9 Å². The Kier molecular flexibility index (Phi) is 5.63. The van der Waals surface area contributed by atoms with Crippen molar-refractivity contribution in [3.63, 3.8) is 0 Å². The van der Waals surface area contributed by atoms with Gasteiger partial charge < -0.3 is 11.1 Å². The Morgan fingerprint density at radius 2 is 2.18 bits per heavy atom. The minimum atomic E-state index is -0.504. The Morgan fingerprint density at radius 3 is 2.77 bits per heavy atom. The van der Waals surface area contributed by atoms with E-state index in [2.05, 4.69) is 22.2 Å². The normalized spacial score (nSPS) is 12.4. The number of aromatic nitrogens is 2. The van der Waals surface area contributed by atoms with E-state index in [1.165, 1.54) is 11.3 Å². The maximum atomic E-state index is 12.0. The number of nitrogens with two attached hydrogens (primary N) is 1. The monoisotopic (exact) mass is 318 g/mol. The first-order valence-corrected chi connectivity index (χ1v) is 8.34. The summed E-state index contributed by atoms with van der Waals surface area (Å²) in [4.78, 5) is 20.8. The summed E-state index contributed by atoms with van der Waals surface area (Å²) in [6.07, 6.45) is 3.38. The van der Waals surface area contributed by atoms with Crippen molar-refractivity contribution in [3.8, 4) is 10.6 Å². The molecule has 3 N–H and O–H groups in total.